The van der Waals surface area contributed by atoms with Crippen LogP contribution in [-0.2, 0) is 15.7 Å². The Balaban J connectivity index is 0.903. The molecule has 0 atom stereocenters. The van der Waals surface area contributed by atoms with Gasteiger partial charge in [0, 0.05) is 92.6 Å². The molecule has 0 bridgehead atoms. The van der Waals surface area contributed by atoms with Gasteiger partial charge in [-0.3, -0.25) is 19.6 Å². The molecule has 1 saturated carbocycles. The maximum Gasteiger partial charge on any atom is 0.301 e. The van der Waals surface area contributed by atoms with E-state index in [1.54, 1.807) is 37.8 Å². The zero-order chi connectivity index (χ0) is 52.2. The second-order valence-electron chi connectivity index (χ2n) is 20.0. The molecule has 1 N–H and O–H groups in total. The molecule has 1 aliphatic carbocycles. The Bertz CT molecular complexity index is 3470. The molecule has 1 spiro atoms. The second kappa shape index (κ2) is 19.4. The lowest BCUT2D eigenvalue weighted by molar-refractivity contribution is -0.385. The summed E-state index contributed by atoms with van der Waals surface area (Å²) in [4.78, 5) is 44.4. The van der Waals surface area contributed by atoms with Gasteiger partial charge in [-0.05, 0) is 78.5 Å². The third-order valence-corrected chi connectivity index (χ3v) is 17.2. The van der Waals surface area contributed by atoms with E-state index in [0.717, 1.165) is 78.0 Å². The van der Waals surface area contributed by atoms with Crippen molar-refractivity contribution in [3.63, 3.8) is 0 Å². The Kier molecular flexibility index (Phi) is 12.7. The summed E-state index contributed by atoms with van der Waals surface area (Å²) in [7, 11) is -2.95. The molecule has 3 aliphatic rings. The minimum atomic E-state index is -4.26. The standard InChI is InChI=1S/C57H52F3N9O5S/c1-3-65(2)75(73,74)64-49-21-20-47(58)51(52(49)60)53(70)46-34-68(57(41-13-7-4-8-14-41,42-15-9-5-10-16-42)43-17-11-6-12-18-43)54-45(46)27-38(31-61-54)40-32-62-55(63-33-40)67-35-56(36-67)29-39(30-56)37-23-25-66(26-24-37)50-22-19-44(69(71)72)28-48(50)59/h4-22,27-28,31-34,37,39,64H,3,23-26,29-30,35-36H2,1-2H3. The molecular weight excluding hydrogens is 980 g/mol. The third kappa shape index (κ3) is 8.74. The number of benzene rings is 5. The SMILES string of the molecule is CCN(C)S(=O)(=O)Nc1ccc(F)c(C(=O)c2cn(C(c3ccccc3)(c3ccccc3)c3ccccc3)c3ncc(-c4cnc(N5CC6(CC(C7CCN(c8ccc([N+](=O)[O-])cc8F)CC7)C6)C5)nc4)cc23)c1F. The molecule has 3 aromatic heterocycles. The van der Waals surface area contributed by atoms with Gasteiger partial charge in [0.1, 0.15) is 17.0 Å². The number of halogens is 3. The Morgan fingerprint density at radius 2 is 1.36 bits per heavy atom. The first-order valence-corrected chi connectivity index (χ1v) is 26.3. The molecule has 5 aromatic carbocycles. The first-order valence-electron chi connectivity index (χ1n) is 24.9. The number of nitro groups is 1. The number of hydrogen-bond donors (Lipinski definition) is 1. The molecule has 0 radical (unpaired) electrons. The van der Waals surface area contributed by atoms with Gasteiger partial charge >= 0.3 is 10.2 Å². The highest BCUT2D eigenvalue weighted by molar-refractivity contribution is 7.90. The van der Waals surface area contributed by atoms with E-state index < -0.39 is 55.2 Å². The Morgan fingerprint density at radius 3 is 1.92 bits per heavy atom. The van der Waals surface area contributed by atoms with Crippen molar-refractivity contribution in [2.45, 2.75) is 38.1 Å². The number of anilines is 3. The van der Waals surface area contributed by atoms with E-state index in [2.05, 4.69) is 9.62 Å². The lowest BCUT2D eigenvalue weighted by Gasteiger charge is -2.61. The number of hydrogen-bond acceptors (Lipinski definition) is 10. The minimum Gasteiger partial charge on any atom is -0.369 e. The van der Waals surface area contributed by atoms with Gasteiger partial charge in [-0.25, -0.2) is 28.1 Å². The Labute approximate surface area is 431 Å². The Hall–Kier alpha value is -7.96. The van der Waals surface area contributed by atoms with Crippen molar-refractivity contribution in [1.29, 1.82) is 0 Å². The predicted molar refractivity (Wildman–Crippen MR) is 281 cm³/mol. The summed E-state index contributed by atoms with van der Waals surface area (Å²) in [6.45, 7) is 4.71. The smallest absolute Gasteiger partial charge is 0.301 e. The second-order valence-corrected chi connectivity index (χ2v) is 21.7. The van der Waals surface area contributed by atoms with E-state index in [9.17, 15) is 22.9 Å². The lowest BCUT2D eigenvalue weighted by Crippen LogP contribution is -2.64. The van der Waals surface area contributed by atoms with Crippen LogP contribution in [-0.4, -0.2) is 82.7 Å². The lowest BCUT2D eigenvalue weighted by atomic mass is 9.53. The number of carbonyl (C=O) groups is 1. The number of nitro benzene ring substituents is 1. The number of nitrogens with one attached hydrogen (secondary N) is 1. The molecule has 0 unspecified atom stereocenters. The summed E-state index contributed by atoms with van der Waals surface area (Å²) >= 11 is 0. The summed E-state index contributed by atoms with van der Waals surface area (Å²) in [6.07, 6.45) is 10.7. The van der Waals surface area contributed by atoms with Crippen LogP contribution < -0.4 is 14.5 Å². The van der Waals surface area contributed by atoms with Crippen molar-refractivity contribution >= 4 is 50.0 Å². The zero-order valence-corrected chi connectivity index (χ0v) is 41.9. The monoisotopic (exact) mass is 1030 g/mol. The first kappa shape index (κ1) is 49.3. The van der Waals surface area contributed by atoms with Gasteiger partial charge in [0.05, 0.1) is 33.5 Å². The fraction of sp³-hybridized carbons (Fsp3) is 0.263. The maximum atomic E-state index is 16.7. The third-order valence-electron chi connectivity index (χ3n) is 15.6. The van der Waals surface area contributed by atoms with Gasteiger partial charge in [-0.1, -0.05) is 97.9 Å². The van der Waals surface area contributed by atoms with Crippen LogP contribution in [0.1, 0.15) is 65.2 Å². The highest BCUT2D eigenvalue weighted by Gasteiger charge is 2.54. The molecule has 382 valence electrons. The van der Waals surface area contributed by atoms with Gasteiger partial charge in [-0.15, -0.1) is 0 Å². The predicted octanol–water partition coefficient (Wildman–Crippen LogP) is 10.6. The fourth-order valence-electron chi connectivity index (χ4n) is 11.7. The van der Waals surface area contributed by atoms with Crippen molar-refractivity contribution in [1.82, 2.24) is 23.8 Å². The largest absolute Gasteiger partial charge is 0.369 e. The molecular formula is C57H52F3N9O5S. The van der Waals surface area contributed by atoms with Crippen LogP contribution >= 0.6 is 0 Å². The van der Waals surface area contributed by atoms with Crippen LogP contribution in [0.25, 0.3) is 22.2 Å². The summed E-state index contributed by atoms with van der Waals surface area (Å²) < 4.78 is 78.7. The molecule has 14 nitrogen and oxygen atoms in total. The molecule has 8 aromatic rings. The van der Waals surface area contributed by atoms with Gasteiger partial charge in [0.25, 0.3) is 5.69 Å². The number of rotatable bonds is 15. The van der Waals surface area contributed by atoms with Crippen LogP contribution in [0.2, 0.25) is 0 Å². The minimum absolute atomic E-state index is 0.0717. The van der Waals surface area contributed by atoms with Crippen molar-refractivity contribution in [3.05, 3.63) is 208 Å². The van der Waals surface area contributed by atoms with Gasteiger partial charge in [-0.2, -0.15) is 12.7 Å². The van der Waals surface area contributed by atoms with Gasteiger partial charge in [0.2, 0.25) is 11.7 Å². The van der Waals surface area contributed by atoms with E-state index in [0.29, 0.717) is 53.3 Å². The average Bonchev–Trinajstić information content (AvgIpc) is 3.81. The number of piperidine rings is 1. The number of carbonyl (C=O) groups excluding carboxylic acids is 1. The molecule has 2 aliphatic heterocycles. The van der Waals surface area contributed by atoms with Crippen molar-refractivity contribution in [3.8, 4) is 11.1 Å². The van der Waals surface area contributed by atoms with E-state index in [1.807, 2.05) is 100 Å². The first-order chi connectivity index (χ1) is 36.2. The molecule has 0 amide bonds. The van der Waals surface area contributed by atoms with Crippen LogP contribution in [0, 0.1) is 44.8 Å². The van der Waals surface area contributed by atoms with E-state index >= 15 is 13.6 Å². The van der Waals surface area contributed by atoms with Crippen LogP contribution in [0.15, 0.2) is 152 Å². The van der Waals surface area contributed by atoms with Gasteiger partial charge in [0.15, 0.2) is 11.6 Å². The number of nitrogens with zero attached hydrogens (tertiary/aromatic N) is 8. The number of ketones is 1. The van der Waals surface area contributed by atoms with E-state index in [-0.39, 0.29) is 28.6 Å². The van der Waals surface area contributed by atoms with Crippen LogP contribution in [0.3, 0.4) is 0 Å². The van der Waals surface area contributed by atoms with E-state index in [4.69, 9.17) is 15.0 Å². The highest BCUT2D eigenvalue weighted by Crippen LogP contribution is 2.56. The normalized spacial score (nSPS) is 16.0. The number of fused-ring (bicyclic) bond motifs is 1. The van der Waals surface area contributed by atoms with Gasteiger partial charge < -0.3 is 14.4 Å². The molecule has 18 heteroatoms. The number of aromatic nitrogens is 4. The average molecular weight is 1030 g/mol. The molecule has 2 saturated heterocycles. The Morgan fingerprint density at radius 1 is 0.773 bits per heavy atom. The molecule has 75 heavy (non-hydrogen) atoms. The van der Waals surface area contributed by atoms with Crippen molar-refractivity contribution < 1.29 is 31.3 Å². The molecule has 11 rings (SSSR count). The zero-order valence-electron chi connectivity index (χ0n) is 41.1. The summed E-state index contributed by atoms with van der Waals surface area (Å²) in [5.41, 5.74) is 1.43. The summed E-state index contributed by atoms with van der Waals surface area (Å²) in [6, 6.07) is 36.5. The van der Waals surface area contributed by atoms with Crippen LogP contribution in [0.5, 0.6) is 0 Å². The fourth-order valence-corrected chi connectivity index (χ4v) is 12.6. The molecule has 3 fully saturated rings. The van der Waals surface area contributed by atoms with Crippen molar-refractivity contribution in [2.75, 3.05) is 54.3 Å². The van der Waals surface area contributed by atoms with Crippen LogP contribution in [0.4, 0.5) is 36.2 Å². The molecule has 5 heterocycles. The summed E-state index contributed by atoms with van der Waals surface area (Å²) in [5.74, 6) is -2.47. The maximum absolute atomic E-state index is 16.7. The number of pyridine rings is 1. The van der Waals surface area contributed by atoms with Crippen molar-refractivity contribution in [2.24, 2.45) is 17.3 Å². The topological polar surface area (TPSA) is 160 Å². The number of non-ortho nitro benzene ring substituents is 1. The van der Waals surface area contributed by atoms with E-state index in [1.165, 1.54) is 19.2 Å². The highest BCUT2D eigenvalue weighted by atomic mass is 32.2. The summed E-state index contributed by atoms with van der Waals surface area (Å²) in [5, 5.41) is 11.4. The quantitative estimate of drug-likeness (QED) is 0.0453.